The predicted octanol–water partition coefficient (Wildman–Crippen LogP) is 4.58. The average molecular weight is 441 g/mol. The number of para-hydroxylation sites is 2. The third-order valence-corrected chi connectivity index (χ3v) is 2.81. The summed E-state index contributed by atoms with van der Waals surface area (Å²) in [6.07, 6.45) is 0. The van der Waals surface area contributed by atoms with Crippen molar-refractivity contribution in [3.8, 4) is 11.5 Å². The van der Waals surface area contributed by atoms with E-state index in [1.54, 1.807) is 14.2 Å². The Morgan fingerprint density at radius 1 is 0.762 bits per heavy atom. The molecular formula is C14H14Cl2O2S2Zr. The molecule has 0 aliphatic heterocycles. The van der Waals surface area contributed by atoms with Crippen molar-refractivity contribution < 1.29 is 30.3 Å². The summed E-state index contributed by atoms with van der Waals surface area (Å²) in [6.45, 7) is 0. The van der Waals surface area contributed by atoms with Crippen molar-refractivity contribution in [2.45, 2.75) is 9.79 Å². The zero-order chi connectivity index (χ0) is 16.1. The Labute approximate surface area is 155 Å². The van der Waals surface area contributed by atoms with Gasteiger partial charge in [0.15, 0.2) is 0 Å². The molecule has 112 valence electrons. The van der Waals surface area contributed by atoms with Crippen LogP contribution in [0.5, 0.6) is 11.5 Å². The third kappa shape index (κ3) is 9.54. The molecular weight excluding hydrogens is 426 g/mol. The van der Waals surface area contributed by atoms with Crippen LogP contribution < -0.4 is 9.47 Å². The maximum atomic E-state index is 4.94. The van der Waals surface area contributed by atoms with E-state index in [0.717, 1.165) is 21.3 Å². The van der Waals surface area contributed by atoms with Gasteiger partial charge in [0.2, 0.25) is 0 Å². The quantitative estimate of drug-likeness (QED) is 0.636. The van der Waals surface area contributed by atoms with Gasteiger partial charge in [-0.2, -0.15) is 0 Å². The molecule has 2 rings (SSSR count). The number of methoxy groups -OCH3 is 2. The Hall–Kier alpha value is -0.0569. The van der Waals surface area contributed by atoms with Gasteiger partial charge < -0.3 is 34.7 Å². The van der Waals surface area contributed by atoms with E-state index in [1.807, 2.05) is 48.5 Å². The first-order valence-electron chi connectivity index (χ1n) is 5.67. The Bertz CT molecular complexity index is 470. The fraction of sp³-hybridized carbons (Fsp3) is 0.143. The molecule has 2 aromatic carbocycles. The fourth-order valence-electron chi connectivity index (χ4n) is 1.24. The molecule has 0 spiro atoms. The van der Waals surface area contributed by atoms with Gasteiger partial charge in [0.25, 0.3) is 0 Å². The van der Waals surface area contributed by atoms with Crippen LogP contribution in [-0.2, 0) is 46.1 Å². The molecule has 7 heteroatoms. The normalized spacial score (nSPS) is 8.19. The minimum atomic E-state index is -0.826. The number of hydrogen-bond acceptors (Lipinski definition) is 4. The molecule has 0 aliphatic carbocycles. The van der Waals surface area contributed by atoms with E-state index in [4.69, 9.17) is 51.8 Å². The van der Waals surface area contributed by atoms with Gasteiger partial charge in [-0.3, -0.25) is 0 Å². The zero-order valence-electron chi connectivity index (χ0n) is 11.5. The summed E-state index contributed by atoms with van der Waals surface area (Å²) < 4.78 is 9.88. The number of hydrogen-bond donors (Lipinski definition) is 0. The summed E-state index contributed by atoms with van der Waals surface area (Å²) in [5.41, 5.74) is 0. The Morgan fingerprint density at radius 3 is 1.24 bits per heavy atom. The average Bonchev–Trinajstić information content (AvgIpc) is 2.50. The molecule has 0 unspecified atom stereocenters. The van der Waals surface area contributed by atoms with Crippen molar-refractivity contribution in [2.24, 2.45) is 0 Å². The zero-order valence-corrected chi connectivity index (χ0v) is 17.1. The Morgan fingerprint density at radius 2 is 1.05 bits per heavy atom. The number of ether oxygens (including phenoxy) is 2. The second-order valence-electron chi connectivity index (χ2n) is 3.37. The molecule has 0 saturated carbocycles. The van der Waals surface area contributed by atoms with E-state index < -0.39 is 20.8 Å². The summed E-state index contributed by atoms with van der Waals surface area (Å²) in [7, 11) is 13.1. The van der Waals surface area contributed by atoms with E-state index in [2.05, 4.69) is 0 Å². The van der Waals surface area contributed by atoms with E-state index >= 15 is 0 Å². The van der Waals surface area contributed by atoms with Crippen LogP contribution in [0.3, 0.4) is 0 Å². The summed E-state index contributed by atoms with van der Waals surface area (Å²) >= 11 is 9.03. The molecule has 0 bridgehead atoms. The molecule has 0 heterocycles. The van der Waals surface area contributed by atoms with Crippen molar-refractivity contribution >= 4 is 42.3 Å². The van der Waals surface area contributed by atoms with E-state index in [-0.39, 0.29) is 0 Å². The van der Waals surface area contributed by atoms with Crippen LogP contribution in [0.2, 0.25) is 0 Å². The first-order chi connectivity index (χ1) is 10.1. The van der Waals surface area contributed by atoms with Gasteiger partial charge in [-0.1, -0.05) is 36.4 Å². The number of rotatable bonds is 2. The number of benzene rings is 2. The summed E-state index contributed by atoms with van der Waals surface area (Å²) in [6, 6.07) is 15.0. The van der Waals surface area contributed by atoms with Crippen LogP contribution in [0.15, 0.2) is 58.3 Å². The van der Waals surface area contributed by atoms with Gasteiger partial charge in [0.1, 0.15) is 0 Å². The van der Waals surface area contributed by atoms with Crippen LogP contribution in [0, 0.1) is 0 Å². The van der Waals surface area contributed by atoms with Gasteiger partial charge in [0.05, 0.1) is 25.7 Å². The SMILES string of the molecule is COc1ccccc1[S-].COc1ccccc1[S-].[Cl][Zr+2][Cl]. The molecule has 0 aromatic heterocycles. The molecule has 0 amide bonds. The molecule has 0 aliphatic rings. The van der Waals surface area contributed by atoms with Crippen molar-refractivity contribution in [1.29, 1.82) is 0 Å². The van der Waals surface area contributed by atoms with Gasteiger partial charge in [-0.15, -0.1) is 9.79 Å². The fourth-order valence-corrected chi connectivity index (χ4v) is 1.70. The van der Waals surface area contributed by atoms with Crippen LogP contribution in [-0.4, -0.2) is 14.2 Å². The summed E-state index contributed by atoms with van der Waals surface area (Å²) in [5, 5.41) is 0. The minimum absolute atomic E-state index is 0.764. The predicted molar refractivity (Wildman–Crippen MR) is 89.0 cm³/mol. The number of halogens is 2. The first-order valence-corrected chi connectivity index (χ1v) is 12.8. The molecule has 0 radical (unpaired) electrons. The summed E-state index contributed by atoms with van der Waals surface area (Å²) in [4.78, 5) is 1.53. The van der Waals surface area contributed by atoms with E-state index in [0.29, 0.717) is 0 Å². The topological polar surface area (TPSA) is 18.5 Å². The van der Waals surface area contributed by atoms with E-state index in [9.17, 15) is 0 Å². The second-order valence-corrected chi connectivity index (χ2v) is 7.98. The molecule has 0 saturated heterocycles. The van der Waals surface area contributed by atoms with Crippen molar-refractivity contribution in [3.63, 3.8) is 0 Å². The Balaban J connectivity index is 0.000000322. The standard InChI is InChI=1S/2C7H8OS.2ClH.Zr/c2*1-8-6-4-2-3-5-7(6)9;;;/h2*2-5,9H,1H3;2*1H;/q;;;;+4/p-4. The summed E-state index contributed by atoms with van der Waals surface area (Å²) in [5.74, 6) is 1.54. The first kappa shape index (κ1) is 20.9. The third-order valence-electron chi connectivity index (χ3n) is 2.14. The van der Waals surface area contributed by atoms with E-state index in [1.165, 1.54) is 0 Å². The van der Waals surface area contributed by atoms with Crippen LogP contribution in [0.1, 0.15) is 0 Å². The molecule has 2 nitrogen and oxygen atoms in total. The van der Waals surface area contributed by atoms with Crippen LogP contribution in [0.4, 0.5) is 0 Å². The van der Waals surface area contributed by atoms with Gasteiger partial charge in [0, 0.05) is 0 Å². The molecule has 2 aromatic rings. The molecule has 0 atom stereocenters. The monoisotopic (exact) mass is 438 g/mol. The van der Waals surface area contributed by atoms with Crippen LogP contribution >= 0.6 is 17.0 Å². The van der Waals surface area contributed by atoms with Gasteiger partial charge in [-0.05, 0) is 12.1 Å². The van der Waals surface area contributed by atoms with Gasteiger partial charge >= 0.3 is 37.9 Å². The molecule has 0 N–H and O–H groups in total. The molecule has 21 heavy (non-hydrogen) atoms. The Kier molecular flexibility index (Phi) is 13.6. The van der Waals surface area contributed by atoms with Crippen LogP contribution in [0.25, 0.3) is 0 Å². The van der Waals surface area contributed by atoms with Crippen molar-refractivity contribution in [2.75, 3.05) is 14.2 Å². The maximum absolute atomic E-state index is 4.94. The van der Waals surface area contributed by atoms with Crippen molar-refractivity contribution in [1.82, 2.24) is 0 Å². The molecule has 0 fully saturated rings. The van der Waals surface area contributed by atoms with Gasteiger partial charge in [-0.25, -0.2) is 0 Å². The second kappa shape index (κ2) is 13.6. The van der Waals surface area contributed by atoms with Crippen molar-refractivity contribution in [3.05, 3.63) is 48.5 Å².